The van der Waals surface area contributed by atoms with Crippen LogP contribution in [0.5, 0.6) is 0 Å². The summed E-state index contributed by atoms with van der Waals surface area (Å²) in [7, 11) is 0. The number of aromatic nitrogens is 1. The fourth-order valence-corrected chi connectivity index (χ4v) is 2.45. The largest absolute Gasteiger partial charge is 0.355 e. The summed E-state index contributed by atoms with van der Waals surface area (Å²) in [6.45, 7) is 1.45. The average Bonchev–Trinajstić information content (AvgIpc) is 2.50. The van der Waals surface area contributed by atoms with Crippen molar-refractivity contribution in [2.75, 3.05) is 13.1 Å². The number of pyridine rings is 1. The lowest BCUT2D eigenvalue weighted by Crippen LogP contribution is -2.34. The summed E-state index contributed by atoms with van der Waals surface area (Å²) in [5, 5.41) is 7.17. The van der Waals surface area contributed by atoms with Crippen LogP contribution >= 0.6 is 23.2 Å². The average molecular weight is 338 g/mol. The Hall–Kier alpha value is -1.62. The molecule has 0 fully saturated rings. The van der Waals surface area contributed by atoms with Crippen LogP contribution in [0.25, 0.3) is 0 Å². The number of hydrogen-bond donors (Lipinski definition) is 2. The topological polar surface area (TPSA) is 54.0 Å². The van der Waals surface area contributed by atoms with Crippen LogP contribution in [-0.2, 0) is 17.8 Å². The van der Waals surface area contributed by atoms with E-state index in [9.17, 15) is 4.79 Å². The van der Waals surface area contributed by atoms with Crippen molar-refractivity contribution in [3.8, 4) is 0 Å². The van der Waals surface area contributed by atoms with E-state index in [0.717, 1.165) is 11.1 Å². The first-order chi connectivity index (χ1) is 10.6. The van der Waals surface area contributed by atoms with Crippen molar-refractivity contribution in [3.63, 3.8) is 0 Å². The molecule has 0 unspecified atom stereocenters. The molecular weight excluding hydrogens is 321 g/mol. The second kappa shape index (κ2) is 8.73. The molecule has 0 saturated heterocycles. The number of carbonyl (C=O) groups excluding carboxylic acids is 1. The van der Waals surface area contributed by atoms with Gasteiger partial charge in [0.05, 0.1) is 6.54 Å². The summed E-state index contributed by atoms with van der Waals surface area (Å²) < 4.78 is 0. The maximum absolute atomic E-state index is 11.7. The predicted octanol–water partition coefficient (Wildman–Crippen LogP) is 2.84. The second-order valence-electron chi connectivity index (χ2n) is 4.79. The first kappa shape index (κ1) is 16.7. The molecule has 1 amide bonds. The summed E-state index contributed by atoms with van der Waals surface area (Å²) in [5.74, 6) is -0.0425. The number of hydrogen-bond acceptors (Lipinski definition) is 3. The highest BCUT2D eigenvalue weighted by molar-refractivity contribution is 6.35. The SMILES string of the molecule is O=C(CNCc1ccncc1)NCCc1ccc(Cl)cc1Cl. The number of nitrogens with zero attached hydrogens (tertiary/aromatic N) is 1. The van der Waals surface area contributed by atoms with E-state index < -0.39 is 0 Å². The van der Waals surface area contributed by atoms with Crippen molar-refractivity contribution in [1.29, 1.82) is 0 Å². The molecule has 1 aromatic carbocycles. The van der Waals surface area contributed by atoms with Crippen LogP contribution in [0.1, 0.15) is 11.1 Å². The molecule has 0 aliphatic heterocycles. The summed E-state index contributed by atoms with van der Waals surface area (Å²) >= 11 is 11.9. The summed E-state index contributed by atoms with van der Waals surface area (Å²) in [5.41, 5.74) is 2.06. The molecule has 116 valence electrons. The predicted molar refractivity (Wildman–Crippen MR) is 89.1 cm³/mol. The Morgan fingerprint density at radius 3 is 2.64 bits per heavy atom. The number of carbonyl (C=O) groups is 1. The quantitative estimate of drug-likeness (QED) is 0.816. The van der Waals surface area contributed by atoms with Gasteiger partial charge >= 0.3 is 0 Å². The highest BCUT2D eigenvalue weighted by atomic mass is 35.5. The van der Waals surface area contributed by atoms with Gasteiger partial charge in [-0.15, -0.1) is 0 Å². The second-order valence-corrected chi connectivity index (χ2v) is 5.64. The van der Waals surface area contributed by atoms with E-state index in [-0.39, 0.29) is 12.5 Å². The molecule has 2 rings (SSSR count). The fraction of sp³-hybridized carbons (Fsp3) is 0.250. The number of benzene rings is 1. The molecule has 0 aliphatic rings. The van der Waals surface area contributed by atoms with E-state index in [0.29, 0.717) is 29.6 Å². The van der Waals surface area contributed by atoms with Crippen LogP contribution in [0.3, 0.4) is 0 Å². The maximum Gasteiger partial charge on any atom is 0.233 e. The first-order valence-corrected chi connectivity index (χ1v) is 7.71. The van der Waals surface area contributed by atoms with E-state index in [4.69, 9.17) is 23.2 Å². The third-order valence-corrected chi connectivity index (χ3v) is 3.68. The summed E-state index contributed by atoms with van der Waals surface area (Å²) in [6.07, 6.45) is 4.13. The Labute approximate surface area is 139 Å². The Kier molecular flexibility index (Phi) is 6.65. The van der Waals surface area contributed by atoms with Crippen molar-refractivity contribution >= 4 is 29.1 Å². The number of amides is 1. The van der Waals surface area contributed by atoms with Crippen LogP contribution in [0.4, 0.5) is 0 Å². The Morgan fingerprint density at radius 2 is 1.91 bits per heavy atom. The van der Waals surface area contributed by atoms with Gasteiger partial charge < -0.3 is 10.6 Å². The third kappa shape index (κ3) is 5.64. The zero-order valence-electron chi connectivity index (χ0n) is 12.0. The van der Waals surface area contributed by atoms with Crippen LogP contribution in [0.2, 0.25) is 10.0 Å². The van der Waals surface area contributed by atoms with Gasteiger partial charge in [0.15, 0.2) is 0 Å². The standard InChI is InChI=1S/C16H17Cl2N3O/c17-14-2-1-13(15(18)9-14)5-8-21-16(22)11-20-10-12-3-6-19-7-4-12/h1-4,6-7,9,20H,5,8,10-11H2,(H,21,22). The molecule has 0 radical (unpaired) electrons. The van der Waals surface area contributed by atoms with Crippen LogP contribution in [0.15, 0.2) is 42.7 Å². The monoisotopic (exact) mass is 337 g/mol. The molecule has 0 atom stereocenters. The van der Waals surface area contributed by atoms with Gasteiger partial charge in [0.2, 0.25) is 5.91 Å². The van der Waals surface area contributed by atoms with E-state index in [1.807, 2.05) is 18.2 Å². The molecule has 0 bridgehead atoms. The molecule has 2 N–H and O–H groups in total. The molecule has 1 aromatic heterocycles. The summed E-state index contributed by atoms with van der Waals surface area (Å²) in [6, 6.07) is 9.19. The van der Waals surface area contributed by atoms with Gasteiger partial charge in [0.25, 0.3) is 0 Å². The van der Waals surface area contributed by atoms with Gasteiger partial charge in [-0.3, -0.25) is 9.78 Å². The minimum Gasteiger partial charge on any atom is -0.355 e. The Morgan fingerprint density at radius 1 is 1.14 bits per heavy atom. The lowest BCUT2D eigenvalue weighted by Gasteiger charge is -2.08. The van der Waals surface area contributed by atoms with E-state index in [2.05, 4.69) is 15.6 Å². The molecule has 4 nitrogen and oxygen atoms in total. The van der Waals surface area contributed by atoms with Gasteiger partial charge in [-0.2, -0.15) is 0 Å². The Bertz CT molecular complexity index is 620. The van der Waals surface area contributed by atoms with Crippen molar-refractivity contribution < 1.29 is 4.79 Å². The molecule has 0 saturated carbocycles. The van der Waals surface area contributed by atoms with Crippen LogP contribution in [0, 0.1) is 0 Å². The van der Waals surface area contributed by atoms with Crippen molar-refractivity contribution in [2.24, 2.45) is 0 Å². The molecule has 2 aromatic rings. The summed E-state index contributed by atoms with van der Waals surface area (Å²) in [4.78, 5) is 15.7. The zero-order chi connectivity index (χ0) is 15.8. The molecule has 22 heavy (non-hydrogen) atoms. The van der Waals surface area contributed by atoms with E-state index in [1.165, 1.54) is 0 Å². The zero-order valence-corrected chi connectivity index (χ0v) is 13.5. The molecular formula is C16H17Cl2N3O. The molecule has 0 aliphatic carbocycles. The van der Waals surface area contributed by atoms with Crippen LogP contribution < -0.4 is 10.6 Å². The smallest absolute Gasteiger partial charge is 0.233 e. The first-order valence-electron chi connectivity index (χ1n) is 6.95. The fourth-order valence-electron chi connectivity index (χ4n) is 1.94. The number of halogens is 2. The van der Waals surface area contributed by atoms with E-state index in [1.54, 1.807) is 24.5 Å². The minimum atomic E-state index is -0.0425. The van der Waals surface area contributed by atoms with Gasteiger partial charge in [-0.05, 0) is 41.8 Å². The van der Waals surface area contributed by atoms with Gasteiger partial charge in [-0.1, -0.05) is 29.3 Å². The molecule has 6 heteroatoms. The van der Waals surface area contributed by atoms with Gasteiger partial charge in [0, 0.05) is 35.5 Å². The van der Waals surface area contributed by atoms with Gasteiger partial charge in [0.1, 0.15) is 0 Å². The van der Waals surface area contributed by atoms with Crippen molar-refractivity contribution in [3.05, 3.63) is 63.9 Å². The number of nitrogens with one attached hydrogen (secondary N) is 2. The molecule has 1 heterocycles. The Balaban J connectivity index is 1.65. The van der Waals surface area contributed by atoms with Crippen LogP contribution in [-0.4, -0.2) is 24.0 Å². The van der Waals surface area contributed by atoms with Crippen molar-refractivity contribution in [2.45, 2.75) is 13.0 Å². The normalized spacial score (nSPS) is 10.5. The third-order valence-electron chi connectivity index (χ3n) is 3.10. The van der Waals surface area contributed by atoms with Gasteiger partial charge in [-0.25, -0.2) is 0 Å². The van der Waals surface area contributed by atoms with Crippen molar-refractivity contribution in [1.82, 2.24) is 15.6 Å². The highest BCUT2D eigenvalue weighted by Crippen LogP contribution is 2.20. The lowest BCUT2D eigenvalue weighted by atomic mass is 10.1. The maximum atomic E-state index is 11.7. The minimum absolute atomic E-state index is 0.0425. The lowest BCUT2D eigenvalue weighted by molar-refractivity contribution is -0.120. The highest BCUT2D eigenvalue weighted by Gasteiger charge is 2.03. The molecule has 0 spiro atoms. The van der Waals surface area contributed by atoms with E-state index >= 15 is 0 Å². The number of rotatable bonds is 7.